The molecule has 48 heavy (non-hydrogen) atoms. The number of ether oxygens (including phenoxy) is 1. The lowest BCUT2D eigenvalue weighted by atomic mass is 10.0. The summed E-state index contributed by atoms with van der Waals surface area (Å²) >= 11 is 14.7. The average Bonchev–Trinajstić information content (AvgIpc) is 3.80. The molecular weight excluding hydrogens is 683 g/mol. The predicted molar refractivity (Wildman–Crippen MR) is 182 cm³/mol. The summed E-state index contributed by atoms with van der Waals surface area (Å²) in [4.78, 5) is 48.2. The summed E-state index contributed by atoms with van der Waals surface area (Å²) in [5, 5.41) is 4.88. The van der Waals surface area contributed by atoms with Gasteiger partial charge in [-0.3, -0.25) is 19.3 Å². The number of fused-ring (bicyclic) bond motifs is 1. The van der Waals surface area contributed by atoms with Gasteiger partial charge in [0.15, 0.2) is 0 Å². The first kappa shape index (κ1) is 34.3. The number of likely N-dealkylation sites (tertiary alicyclic amines) is 2. The molecule has 2 fully saturated rings. The lowest BCUT2D eigenvalue weighted by Crippen LogP contribution is -2.46. The molecule has 2 aliphatic rings. The van der Waals surface area contributed by atoms with Gasteiger partial charge in [-0.2, -0.15) is 0 Å². The molecule has 9 nitrogen and oxygen atoms in total. The first-order valence-corrected chi connectivity index (χ1v) is 17.3. The van der Waals surface area contributed by atoms with E-state index in [1.165, 1.54) is 18.4 Å². The van der Waals surface area contributed by atoms with E-state index in [0.717, 1.165) is 20.8 Å². The van der Waals surface area contributed by atoms with Crippen molar-refractivity contribution in [1.82, 2.24) is 19.4 Å². The van der Waals surface area contributed by atoms with Crippen LogP contribution in [0.4, 0.5) is 14.5 Å². The van der Waals surface area contributed by atoms with Gasteiger partial charge in [-0.15, -0.1) is 11.3 Å². The maximum atomic E-state index is 14.0. The highest BCUT2D eigenvalue weighted by atomic mass is 35.5. The number of methoxy groups -OCH3 is 1. The highest BCUT2D eigenvalue weighted by Gasteiger charge is 2.43. The molecule has 2 amide bonds. The van der Waals surface area contributed by atoms with E-state index in [1.807, 2.05) is 40.8 Å². The fourth-order valence-electron chi connectivity index (χ4n) is 6.52. The molecule has 0 bridgehead atoms. The normalized spacial score (nSPS) is 19.5. The number of nitrogens with one attached hydrogen (secondary N) is 1. The number of carbonyl (C=O) groups excluding carboxylic acids is 3. The number of amides is 2. The van der Waals surface area contributed by atoms with Gasteiger partial charge in [0.25, 0.3) is 11.8 Å². The van der Waals surface area contributed by atoms with Crippen LogP contribution >= 0.6 is 34.5 Å². The number of para-hydroxylation sites is 1. The van der Waals surface area contributed by atoms with E-state index >= 15 is 0 Å². The van der Waals surface area contributed by atoms with Crippen molar-refractivity contribution in [2.45, 2.75) is 56.5 Å². The number of benzene rings is 2. The zero-order valence-electron chi connectivity index (χ0n) is 26.5. The van der Waals surface area contributed by atoms with Gasteiger partial charge in [-0.1, -0.05) is 41.4 Å². The third-order valence-electron chi connectivity index (χ3n) is 9.17. The van der Waals surface area contributed by atoms with Crippen molar-refractivity contribution < 1.29 is 27.9 Å². The summed E-state index contributed by atoms with van der Waals surface area (Å²) in [5.41, 5.74) is 2.21. The van der Waals surface area contributed by atoms with Crippen molar-refractivity contribution in [1.29, 1.82) is 0 Å². The van der Waals surface area contributed by atoms with Crippen LogP contribution in [0.25, 0.3) is 10.9 Å². The van der Waals surface area contributed by atoms with Gasteiger partial charge in [0.2, 0.25) is 5.91 Å². The van der Waals surface area contributed by atoms with E-state index in [4.69, 9.17) is 27.9 Å². The molecule has 2 aromatic heterocycles. The molecule has 0 spiro atoms. The number of alkyl halides is 2. The highest BCUT2D eigenvalue weighted by Crippen LogP contribution is 2.40. The number of esters is 1. The molecule has 0 unspecified atom stereocenters. The van der Waals surface area contributed by atoms with E-state index in [2.05, 4.69) is 10.3 Å². The minimum absolute atomic E-state index is 0.0576. The summed E-state index contributed by atoms with van der Waals surface area (Å²) in [6.45, 7) is 0.862. The number of carbonyl (C=O) groups is 3. The fraction of sp³-hybridized carbons (Fsp3) is 0.412. The van der Waals surface area contributed by atoms with Crippen LogP contribution in [-0.4, -0.2) is 75.8 Å². The fourth-order valence-corrected chi connectivity index (χ4v) is 8.03. The molecule has 4 heterocycles. The van der Waals surface area contributed by atoms with E-state index in [0.29, 0.717) is 36.2 Å². The summed E-state index contributed by atoms with van der Waals surface area (Å²) in [6.07, 6.45) is 4.21. The number of anilines is 1. The van der Waals surface area contributed by atoms with Gasteiger partial charge < -0.3 is 19.5 Å². The van der Waals surface area contributed by atoms with Crippen LogP contribution in [0.1, 0.15) is 57.5 Å². The van der Waals surface area contributed by atoms with Crippen molar-refractivity contribution in [3.8, 4) is 0 Å². The zero-order chi connectivity index (χ0) is 34.2. The summed E-state index contributed by atoms with van der Waals surface area (Å²) in [6, 6.07) is 10.2. The number of piperidine rings is 1. The number of aryl methyl sites for hydroxylation is 2. The molecule has 254 valence electrons. The second-order valence-electron chi connectivity index (χ2n) is 12.3. The van der Waals surface area contributed by atoms with Gasteiger partial charge in [0, 0.05) is 78.8 Å². The van der Waals surface area contributed by atoms with Crippen LogP contribution in [0, 0.1) is 0 Å². The Labute approximate surface area is 290 Å². The third-order valence-corrected chi connectivity index (χ3v) is 11.0. The second-order valence-corrected chi connectivity index (χ2v) is 14.3. The molecule has 0 saturated carbocycles. The molecular formula is C34H35Cl2F2N5O4S. The second kappa shape index (κ2) is 14.1. The molecule has 1 N–H and O–H groups in total. The van der Waals surface area contributed by atoms with E-state index in [9.17, 15) is 23.2 Å². The molecule has 2 atom stereocenters. The number of rotatable bonds is 9. The highest BCUT2D eigenvalue weighted by molar-refractivity contribution is 7.11. The first-order chi connectivity index (χ1) is 22.9. The standard InChI is InChI=1S/C34H35Cl2F2N5O4S/c1-41-19-24(23-5-3-4-6-28(23)41)32(46)40-27-16-25(35)20(13-26(27)36)14-30(44)43-18-21(42-11-9-34(37,38)10-12-42)15-29(43)33-39-17-22(48-33)7-8-31(45)47-2/h3-6,13,16-17,19,21,29H,7-12,14-15,18H2,1-2H3,(H,40,46)/t21-,29-/m0/s1. The first-order valence-electron chi connectivity index (χ1n) is 15.7. The van der Waals surface area contributed by atoms with E-state index < -0.39 is 5.92 Å². The Balaban J connectivity index is 1.19. The minimum atomic E-state index is -2.68. The van der Waals surface area contributed by atoms with Crippen molar-refractivity contribution >= 4 is 68.9 Å². The number of thiazole rings is 1. The molecule has 4 aromatic rings. The Hall–Kier alpha value is -3.58. The Morgan fingerprint density at radius 1 is 1.12 bits per heavy atom. The van der Waals surface area contributed by atoms with E-state index in [1.54, 1.807) is 29.4 Å². The van der Waals surface area contributed by atoms with Gasteiger partial charge in [-0.25, -0.2) is 13.8 Å². The maximum absolute atomic E-state index is 14.0. The van der Waals surface area contributed by atoms with Gasteiger partial charge in [-0.05, 0) is 36.6 Å². The average molecular weight is 719 g/mol. The number of hydrogen-bond donors (Lipinski definition) is 1. The van der Waals surface area contributed by atoms with Gasteiger partial charge in [0.05, 0.1) is 42.3 Å². The quantitative estimate of drug-likeness (QED) is 0.189. The molecule has 6 rings (SSSR count). The maximum Gasteiger partial charge on any atom is 0.305 e. The van der Waals surface area contributed by atoms with Crippen LogP contribution < -0.4 is 5.32 Å². The largest absolute Gasteiger partial charge is 0.469 e. The summed E-state index contributed by atoms with van der Waals surface area (Å²) in [5.74, 6) is -3.55. The number of hydrogen-bond acceptors (Lipinski definition) is 7. The molecule has 0 radical (unpaired) electrons. The summed E-state index contributed by atoms with van der Waals surface area (Å²) < 4.78 is 34.5. The Kier molecular flexibility index (Phi) is 10.1. The predicted octanol–water partition coefficient (Wildman–Crippen LogP) is 6.92. The van der Waals surface area contributed by atoms with Crippen molar-refractivity contribution in [3.05, 3.63) is 79.8 Å². The van der Waals surface area contributed by atoms with Crippen LogP contribution in [0.5, 0.6) is 0 Å². The van der Waals surface area contributed by atoms with Crippen LogP contribution in [0.15, 0.2) is 48.8 Å². The lowest BCUT2D eigenvalue weighted by Gasteiger charge is -2.35. The van der Waals surface area contributed by atoms with Crippen molar-refractivity contribution in [3.63, 3.8) is 0 Å². The van der Waals surface area contributed by atoms with Crippen LogP contribution in [0.3, 0.4) is 0 Å². The monoisotopic (exact) mass is 717 g/mol. The number of nitrogens with zero attached hydrogens (tertiary/aromatic N) is 4. The Morgan fingerprint density at radius 3 is 2.62 bits per heavy atom. The van der Waals surface area contributed by atoms with Crippen LogP contribution in [-0.2, 0) is 34.2 Å². The SMILES string of the molecule is COC(=O)CCc1cnc([C@@H]2C[C@H](N3CCC(F)(F)CC3)CN2C(=O)Cc2cc(Cl)c(NC(=O)c3cn(C)c4ccccc34)cc2Cl)s1. The molecule has 0 aliphatic carbocycles. The smallest absolute Gasteiger partial charge is 0.305 e. The molecule has 2 aliphatic heterocycles. The van der Waals surface area contributed by atoms with Crippen LogP contribution in [0.2, 0.25) is 10.0 Å². The van der Waals surface area contributed by atoms with Crippen molar-refractivity contribution in [2.75, 3.05) is 32.1 Å². The Bertz CT molecular complexity index is 1850. The Morgan fingerprint density at radius 2 is 1.88 bits per heavy atom. The summed E-state index contributed by atoms with van der Waals surface area (Å²) in [7, 11) is 3.21. The molecule has 14 heteroatoms. The zero-order valence-corrected chi connectivity index (χ0v) is 28.8. The van der Waals surface area contributed by atoms with Gasteiger partial charge >= 0.3 is 5.97 Å². The molecule has 2 aromatic carbocycles. The van der Waals surface area contributed by atoms with E-state index in [-0.39, 0.29) is 78.7 Å². The number of halogens is 4. The minimum Gasteiger partial charge on any atom is -0.469 e. The van der Waals surface area contributed by atoms with Crippen molar-refractivity contribution in [2.24, 2.45) is 7.05 Å². The lowest BCUT2D eigenvalue weighted by molar-refractivity contribution is -0.140. The topological polar surface area (TPSA) is 96.8 Å². The number of aromatic nitrogens is 2. The molecule has 2 saturated heterocycles. The van der Waals surface area contributed by atoms with Gasteiger partial charge in [0.1, 0.15) is 5.01 Å². The third kappa shape index (κ3) is 7.36.